The summed E-state index contributed by atoms with van der Waals surface area (Å²) in [6.07, 6.45) is 1.00. The lowest BCUT2D eigenvalue weighted by atomic mass is 10.0. The minimum Gasteiger partial charge on any atom is -0.454 e. The van der Waals surface area contributed by atoms with Gasteiger partial charge >= 0.3 is 0 Å². The van der Waals surface area contributed by atoms with Crippen molar-refractivity contribution in [1.82, 2.24) is 0 Å². The highest BCUT2D eigenvalue weighted by molar-refractivity contribution is 7.10. The van der Waals surface area contributed by atoms with E-state index in [0.717, 1.165) is 13.0 Å². The van der Waals surface area contributed by atoms with Crippen LogP contribution in [0.2, 0.25) is 0 Å². The summed E-state index contributed by atoms with van der Waals surface area (Å²) in [4.78, 5) is 27.2. The van der Waals surface area contributed by atoms with Gasteiger partial charge in [-0.3, -0.25) is 9.59 Å². The Labute approximate surface area is 155 Å². The highest BCUT2D eigenvalue weighted by atomic mass is 32.1. The molecule has 2 atom stereocenters. The second-order valence-corrected chi connectivity index (χ2v) is 7.71. The van der Waals surface area contributed by atoms with Gasteiger partial charge in [0.05, 0.1) is 12.2 Å². The van der Waals surface area contributed by atoms with Crippen LogP contribution in [-0.4, -0.2) is 31.6 Å². The number of benzene rings is 1. The van der Waals surface area contributed by atoms with E-state index in [1.165, 1.54) is 22.3 Å². The van der Waals surface area contributed by atoms with E-state index < -0.39 is 0 Å². The Balaban J connectivity index is 1.50. The van der Waals surface area contributed by atoms with Gasteiger partial charge in [-0.25, -0.2) is 0 Å². The second kappa shape index (κ2) is 6.74. The van der Waals surface area contributed by atoms with Crippen molar-refractivity contribution in [3.63, 3.8) is 0 Å². The third kappa shape index (κ3) is 3.08. The van der Waals surface area contributed by atoms with Crippen molar-refractivity contribution in [1.29, 1.82) is 0 Å². The normalized spacial score (nSPS) is 20.5. The third-order valence-electron chi connectivity index (χ3n) is 5.09. The molecule has 1 aromatic heterocycles. The van der Waals surface area contributed by atoms with Crippen molar-refractivity contribution in [2.24, 2.45) is 0 Å². The lowest BCUT2D eigenvalue weighted by Crippen LogP contribution is -3.14. The molecule has 7 heteroatoms. The molecule has 0 radical (unpaired) electrons. The molecule has 0 aliphatic carbocycles. The summed E-state index contributed by atoms with van der Waals surface area (Å²) in [5, 5.41) is 5.01. The smallest absolute Gasteiger partial charge is 0.279 e. The molecule has 0 saturated carbocycles. The molecule has 4 rings (SSSR count). The Bertz CT molecular complexity index is 876. The van der Waals surface area contributed by atoms with Crippen LogP contribution in [0.15, 0.2) is 23.6 Å². The number of carbonyl (C=O) groups excluding carboxylic acids is 2. The second-order valence-electron chi connectivity index (χ2n) is 6.71. The first-order valence-electron chi connectivity index (χ1n) is 8.68. The fourth-order valence-corrected chi connectivity index (χ4v) is 4.61. The predicted octanol–water partition coefficient (Wildman–Crippen LogP) is 1.82. The topological polar surface area (TPSA) is 69.1 Å². The molecule has 1 unspecified atom stereocenters. The van der Waals surface area contributed by atoms with Crippen LogP contribution < -0.4 is 19.7 Å². The molecule has 136 valence electrons. The van der Waals surface area contributed by atoms with Gasteiger partial charge < -0.3 is 19.7 Å². The maximum Gasteiger partial charge on any atom is 0.279 e. The lowest BCUT2D eigenvalue weighted by Gasteiger charge is -2.30. The number of ketones is 1. The molecule has 2 aliphatic heterocycles. The number of hydrogen-bond donors (Lipinski definition) is 2. The van der Waals surface area contributed by atoms with E-state index in [1.54, 1.807) is 23.5 Å². The van der Waals surface area contributed by atoms with E-state index in [4.69, 9.17) is 9.47 Å². The Hall–Kier alpha value is -2.38. The van der Waals surface area contributed by atoms with Gasteiger partial charge in [-0.1, -0.05) is 0 Å². The highest BCUT2D eigenvalue weighted by Gasteiger charge is 2.30. The zero-order valence-corrected chi connectivity index (χ0v) is 15.6. The molecule has 26 heavy (non-hydrogen) atoms. The van der Waals surface area contributed by atoms with Gasteiger partial charge in [0.1, 0.15) is 6.04 Å². The number of thiophene rings is 1. The van der Waals surface area contributed by atoms with E-state index in [0.29, 0.717) is 35.3 Å². The summed E-state index contributed by atoms with van der Waals surface area (Å²) in [6.45, 7) is 5.06. The van der Waals surface area contributed by atoms with E-state index in [-0.39, 0.29) is 18.5 Å². The molecule has 6 nitrogen and oxygen atoms in total. The van der Waals surface area contributed by atoms with Gasteiger partial charge in [0.2, 0.25) is 6.79 Å². The number of rotatable bonds is 4. The monoisotopic (exact) mass is 373 g/mol. The Morgan fingerprint density at radius 1 is 1.31 bits per heavy atom. The maximum atomic E-state index is 12.6. The Morgan fingerprint density at radius 2 is 2.08 bits per heavy atom. The van der Waals surface area contributed by atoms with Crippen LogP contribution in [-0.2, 0) is 11.2 Å². The van der Waals surface area contributed by atoms with E-state index in [1.807, 2.05) is 0 Å². The summed E-state index contributed by atoms with van der Waals surface area (Å²) in [7, 11) is 0. The molecule has 2 aromatic rings. The number of nitrogens with one attached hydrogen (secondary N) is 2. The molecular weight excluding hydrogens is 352 g/mol. The molecule has 2 N–H and O–H groups in total. The van der Waals surface area contributed by atoms with Gasteiger partial charge in [0, 0.05) is 28.5 Å². The first-order chi connectivity index (χ1) is 12.5. The number of ether oxygens (including phenoxy) is 2. The number of anilines is 1. The lowest BCUT2D eigenvalue weighted by molar-refractivity contribution is -0.923. The predicted molar refractivity (Wildman–Crippen MR) is 98.3 cm³/mol. The molecule has 0 spiro atoms. The fourth-order valence-electron chi connectivity index (χ4n) is 3.63. The van der Waals surface area contributed by atoms with E-state index in [2.05, 4.69) is 23.7 Å². The van der Waals surface area contributed by atoms with Crippen molar-refractivity contribution in [2.75, 3.05) is 25.2 Å². The number of fused-ring (bicyclic) bond motifs is 2. The molecule has 0 fully saturated rings. The van der Waals surface area contributed by atoms with Gasteiger partial charge in [-0.05, 0) is 31.4 Å². The summed E-state index contributed by atoms with van der Waals surface area (Å²) in [5.41, 5.74) is 2.26. The fraction of sp³-hybridized carbons (Fsp3) is 0.368. The summed E-state index contributed by atoms with van der Waals surface area (Å²) >= 11 is 1.79. The Morgan fingerprint density at radius 3 is 2.85 bits per heavy atom. The van der Waals surface area contributed by atoms with Gasteiger partial charge in [0.15, 0.2) is 23.8 Å². The maximum absolute atomic E-state index is 12.6. The number of Topliss-reactive ketones (excluding diaryl/α,β-unsaturated/α-hetero) is 1. The van der Waals surface area contributed by atoms with Gasteiger partial charge in [-0.2, -0.15) is 0 Å². The van der Waals surface area contributed by atoms with Crippen LogP contribution in [0.1, 0.15) is 40.7 Å². The summed E-state index contributed by atoms with van der Waals surface area (Å²) in [5.74, 6) is 0.854. The molecule has 1 amide bonds. The van der Waals surface area contributed by atoms with Crippen LogP contribution in [0.4, 0.5) is 5.69 Å². The zero-order chi connectivity index (χ0) is 18.3. The number of hydrogen-bond acceptors (Lipinski definition) is 5. The molecule has 3 heterocycles. The number of carbonyl (C=O) groups is 2. The van der Waals surface area contributed by atoms with Crippen LogP contribution in [0, 0.1) is 0 Å². The largest absolute Gasteiger partial charge is 0.454 e. The average Bonchev–Trinajstić information content (AvgIpc) is 3.25. The average molecular weight is 373 g/mol. The summed E-state index contributed by atoms with van der Waals surface area (Å²) in [6, 6.07) is 5.75. The SMILES string of the molecule is CC(=O)c1cc2c(cc1NC(=O)C[NH+]1CCc3sccc3[C@H]1C)OCO2. The summed E-state index contributed by atoms with van der Waals surface area (Å²) < 4.78 is 10.7. The van der Waals surface area contributed by atoms with Crippen LogP contribution >= 0.6 is 11.3 Å². The van der Waals surface area contributed by atoms with Crippen LogP contribution in [0.5, 0.6) is 11.5 Å². The zero-order valence-electron chi connectivity index (χ0n) is 14.8. The highest BCUT2D eigenvalue weighted by Crippen LogP contribution is 2.37. The molecule has 0 saturated heterocycles. The Kier molecular flexibility index (Phi) is 4.42. The van der Waals surface area contributed by atoms with E-state index >= 15 is 0 Å². The minimum absolute atomic E-state index is 0.105. The van der Waals surface area contributed by atoms with Crippen molar-refractivity contribution >= 4 is 28.7 Å². The van der Waals surface area contributed by atoms with Crippen LogP contribution in [0.25, 0.3) is 0 Å². The van der Waals surface area contributed by atoms with Crippen molar-refractivity contribution < 1.29 is 24.0 Å². The van der Waals surface area contributed by atoms with Crippen molar-refractivity contribution in [3.05, 3.63) is 39.6 Å². The molecule has 1 aromatic carbocycles. The number of amides is 1. The quantitative estimate of drug-likeness (QED) is 0.803. The molecule has 2 aliphatic rings. The third-order valence-corrected chi connectivity index (χ3v) is 6.08. The molecular formula is C19H21N2O4S+. The van der Waals surface area contributed by atoms with Gasteiger partial charge in [0.25, 0.3) is 5.91 Å². The first kappa shape index (κ1) is 17.1. The minimum atomic E-state index is -0.125. The van der Waals surface area contributed by atoms with Crippen molar-refractivity contribution in [3.8, 4) is 11.5 Å². The van der Waals surface area contributed by atoms with Gasteiger partial charge in [-0.15, -0.1) is 11.3 Å². The standard InChI is InChI=1S/C19H20N2O4S/c1-11-13-4-6-26-18(13)3-5-21(11)9-19(23)20-15-8-17-16(24-10-25-17)7-14(15)12(2)22/h4,6-8,11H,3,5,9-10H2,1-2H3,(H,20,23)/p+1/t11-/m1/s1. The first-order valence-corrected chi connectivity index (χ1v) is 9.56. The van der Waals surface area contributed by atoms with Crippen LogP contribution in [0.3, 0.4) is 0 Å². The number of quaternary nitrogens is 1. The van der Waals surface area contributed by atoms with E-state index in [9.17, 15) is 9.59 Å². The molecule has 0 bridgehead atoms. The van der Waals surface area contributed by atoms with Crippen molar-refractivity contribution in [2.45, 2.75) is 26.3 Å².